The van der Waals surface area contributed by atoms with Crippen molar-refractivity contribution in [3.8, 4) is 22.6 Å². The SMILES string of the molecule is CCCCCCCCCCCCOC(C)c1ccc(-c2ccc(OC(=O)c3ccc(OCCC)cc3)cc2)cc1. The highest BCUT2D eigenvalue weighted by Crippen LogP contribution is 2.26. The van der Waals surface area contributed by atoms with E-state index in [-0.39, 0.29) is 12.1 Å². The van der Waals surface area contributed by atoms with Crippen LogP contribution in [0.15, 0.2) is 72.8 Å². The fraction of sp³-hybridized carbons (Fsp3) is 0.472. The van der Waals surface area contributed by atoms with Crippen LogP contribution in [0.4, 0.5) is 0 Å². The summed E-state index contributed by atoms with van der Waals surface area (Å²) in [4.78, 5) is 12.5. The maximum atomic E-state index is 12.5. The van der Waals surface area contributed by atoms with Gasteiger partial charge >= 0.3 is 5.97 Å². The molecule has 1 unspecified atom stereocenters. The third-order valence-corrected chi connectivity index (χ3v) is 7.21. The maximum absolute atomic E-state index is 12.5. The number of esters is 1. The number of ether oxygens (including phenoxy) is 3. The monoisotopic (exact) mass is 544 g/mol. The predicted molar refractivity (Wildman–Crippen MR) is 165 cm³/mol. The van der Waals surface area contributed by atoms with E-state index in [4.69, 9.17) is 14.2 Å². The lowest BCUT2D eigenvalue weighted by atomic mass is 10.0. The lowest BCUT2D eigenvalue weighted by Gasteiger charge is -2.14. The summed E-state index contributed by atoms with van der Waals surface area (Å²) in [5.74, 6) is 0.889. The van der Waals surface area contributed by atoms with Gasteiger partial charge in [0.2, 0.25) is 0 Å². The molecule has 0 saturated heterocycles. The second kappa shape index (κ2) is 18.3. The molecule has 0 aliphatic rings. The summed E-state index contributed by atoms with van der Waals surface area (Å²) >= 11 is 0. The van der Waals surface area contributed by atoms with Crippen LogP contribution in [0.1, 0.15) is 113 Å². The number of rotatable bonds is 19. The average molecular weight is 545 g/mol. The molecule has 3 aromatic rings. The molecule has 0 amide bonds. The molecule has 0 heterocycles. The summed E-state index contributed by atoms with van der Waals surface area (Å²) in [5, 5.41) is 0. The normalized spacial score (nSPS) is 11.8. The maximum Gasteiger partial charge on any atom is 0.343 e. The summed E-state index contributed by atoms with van der Waals surface area (Å²) in [7, 11) is 0. The van der Waals surface area contributed by atoms with Gasteiger partial charge in [0, 0.05) is 6.61 Å². The van der Waals surface area contributed by atoms with Gasteiger partial charge in [0.05, 0.1) is 18.3 Å². The molecular weight excluding hydrogens is 496 g/mol. The van der Waals surface area contributed by atoms with Crippen molar-refractivity contribution in [2.75, 3.05) is 13.2 Å². The minimum absolute atomic E-state index is 0.0849. The average Bonchev–Trinajstić information content (AvgIpc) is 2.99. The highest BCUT2D eigenvalue weighted by Gasteiger charge is 2.10. The van der Waals surface area contributed by atoms with E-state index in [9.17, 15) is 4.79 Å². The molecule has 4 nitrogen and oxygen atoms in total. The van der Waals surface area contributed by atoms with E-state index in [0.29, 0.717) is 17.9 Å². The van der Waals surface area contributed by atoms with E-state index in [1.165, 1.54) is 63.4 Å². The van der Waals surface area contributed by atoms with Crippen LogP contribution in [-0.2, 0) is 4.74 Å². The lowest BCUT2D eigenvalue weighted by molar-refractivity contribution is 0.0627. The molecule has 0 aromatic heterocycles. The first-order valence-electron chi connectivity index (χ1n) is 15.4. The number of carbonyl (C=O) groups excluding carboxylic acids is 1. The smallest absolute Gasteiger partial charge is 0.343 e. The van der Waals surface area contributed by atoms with Crippen LogP contribution in [0.5, 0.6) is 11.5 Å². The number of hydrogen-bond donors (Lipinski definition) is 0. The van der Waals surface area contributed by atoms with Crippen LogP contribution < -0.4 is 9.47 Å². The first kappa shape index (κ1) is 31.4. The molecule has 4 heteroatoms. The van der Waals surface area contributed by atoms with Crippen molar-refractivity contribution in [3.05, 3.63) is 83.9 Å². The van der Waals surface area contributed by atoms with Crippen LogP contribution in [0, 0.1) is 0 Å². The van der Waals surface area contributed by atoms with Gasteiger partial charge in [-0.2, -0.15) is 0 Å². The molecule has 216 valence electrons. The molecule has 0 bridgehead atoms. The zero-order chi connectivity index (χ0) is 28.4. The van der Waals surface area contributed by atoms with Crippen LogP contribution in [0.25, 0.3) is 11.1 Å². The van der Waals surface area contributed by atoms with Crippen molar-refractivity contribution in [3.63, 3.8) is 0 Å². The van der Waals surface area contributed by atoms with E-state index in [1.807, 2.05) is 24.3 Å². The van der Waals surface area contributed by atoms with Crippen molar-refractivity contribution < 1.29 is 19.0 Å². The summed E-state index contributed by atoms with van der Waals surface area (Å²) in [6, 6.07) is 23.2. The standard InChI is InChI=1S/C36H48O4/c1-4-6-7-8-9-10-11-12-13-14-28-38-29(3)30-15-17-31(18-16-30)32-19-25-35(26-20-32)40-36(37)33-21-23-34(24-22-33)39-27-5-2/h15-26,29H,4-14,27-28H2,1-3H3. The van der Waals surface area contributed by atoms with Gasteiger partial charge in [-0.05, 0) is 72.9 Å². The van der Waals surface area contributed by atoms with Crippen molar-refractivity contribution in [2.24, 2.45) is 0 Å². The van der Waals surface area contributed by atoms with E-state index in [1.54, 1.807) is 24.3 Å². The van der Waals surface area contributed by atoms with Gasteiger partial charge in [-0.25, -0.2) is 4.79 Å². The van der Waals surface area contributed by atoms with E-state index < -0.39 is 0 Å². The number of carbonyl (C=O) groups is 1. The largest absolute Gasteiger partial charge is 0.494 e. The Morgan fingerprint density at radius 2 is 1.12 bits per heavy atom. The molecule has 0 spiro atoms. The van der Waals surface area contributed by atoms with Gasteiger partial charge in [0.25, 0.3) is 0 Å². The minimum Gasteiger partial charge on any atom is -0.494 e. The van der Waals surface area contributed by atoms with Crippen molar-refractivity contribution in [1.29, 1.82) is 0 Å². The topological polar surface area (TPSA) is 44.8 Å². The van der Waals surface area contributed by atoms with Gasteiger partial charge in [-0.3, -0.25) is 0 Å². The first-order valence-corrected chi connectivity index (χ1v) is 15.4. The molecule has 0 aliphatic carbocycles. The quantitative estimate of drug-likeness (QED) is 0.0855. The molecule has 1 atom stereocenters. The van der Waals surface area contributed by atoms with Crippen LogP contribution in [-0.4, -0.2) is 19.2 Å². The van der Waals surface area contributed by atoms with Crippen molar-refractivity contribution in [1.82, 2.24) is 0 Å². The Kier molecular flexibility index (Phi) is 14.4. The summed E-state index contributed by atoms with van der Waals surface area (Å²) in [6.07, 6.45) is 14.4. The van der Waals surface area contributed by atoms with E-state index >= 15 is 0 Å². The Bertz CT molecular complexity index is 1090. The van der Waals surface area contributed by atoms with Crippen LogP contribution in [0.2, 0.25) is 0 Å². The van der Waals surface area contributed by atoms with Crippen molar-refractivity contribution in [2.45, 2.75) is 97.5 Å². The summed E-state index contributed by atoms with van der Waals surface area (Å²) in [5.41, 5.74) is 3.87. The summed E-state index contributed by atoms with van der Waals surface area (Å²) in [6.45, 7) is 7.93. The fourth-order valence-corrected chi connectivity index (χ4v) is 4.68. The molecule has 0 saturated carbocycles. The third kappa shape index (κ3) is 11.2. The molecule has 0 radical (unpaired) electrons. The minimum atomic E-state index is -0.383. The van der Waals surface area contributed by atoms with Gasteiger partial charge in [0.1, 0.15) is 11.5 Å². The van der Waals surface area contributed by atoms with E-state index in [2.05, 4.69) is 45.0 Å². The molecular formula is C36H48O4. The Morgan fingerprint density at radius 3 is 1.70 bits per heavy atom. The van der Waals surface area contributed by atoms with Gasteiger partial charge in [0.15, 0.2) is 0 Å². The zero-order valence-corrected chi connectivity index (χ0v) is 24.8. The highest BCUT2D eigenvalue weighted by molar-refractivity contribution is 5.91. The van der Waals surface area contributed by atoms with Gasteiger partial charge in [-0.1, -0.05) is 108 Å². The molecule has 3 aromatic carbocycles. The van der Waals surface area contributed by atoms with Gasteiger partial charge < -0.3 is 14.2 Å². The van der Waals surface area contributed by atoms with Gasteiger partial charge in [-0.15, -0.1) is 0 Å². The predicted octanol–water partition coefficient (Wildman–Crippen LogP) is 10.4. The Hall–Kier alpha value is -3.11. The number of benzene rings is 3. The molecule has 0 fully saturated rings. The molecule has 0 aliphatic heterocycles. The molecule has 0 N–H and O–H groups in total. The Labute approximate surface area is 242 Å². The lowest BCUT2D eigenvalue weighted by Crippen LogP contribution is -2.08. The van der Waals surface area contributed by atoms with E-state index in [0.717, 1.165) is 36.3 Å². The highest BCUT2D eigenvalue weighted by atomic mass is 16.5. The second-order valence-electron chi connectivity index (χ2n) is 10.6. The Morgan fingerprint density at radius 1 is 0.600 bits per heavy atom. The third-order valence-electron chi connectivity index (χ3n) is 7.21. The first-order chi connectivity index (χ1) is 19.6. The Balaban J connectivity index is 1.37. The fourth-order valence-electron chi connectivity index (χ4n) is 4.68. The number of unbranched alkanes of at least 4 members (excludes halogenated alkanes) is 9. The molecule has 3 rings (SSSR count). The summed E-state index contributed by atoms with van der Waals surface area (Å²) < 4.78 is 17.2. The molecule has 40 heavy (non-hydrogen) atoms. The van der Waals surface area contributed by atoms with Crippen molar-refractivity contribution >= 4 is 5.97 Å². The zero-order valence-electron chi connectivity index (χ0n) is 24.8. The van der Waals surface area contributed by atoms with Crippen LogP contribution in [0.3, 0.4) is 0 Å². The second-order valence-corrected chi connectivity index (χ2v) is 10.6. The van der Waals surface area contributed by atoms with Crippen LogP contribution >= 0.6 is 0 Å². The number of hydrogen-bond acceptors (Lipinski definition) is 4.